The molecule has 2 nitrogen and oxygen atoms in total. The van der Waals surface area contributed by atoms with Gasteiger partial charge in [-0.1, -0.05) is 24.3 Å². The first kappa shape index (κ1) is 14.2. The second kappa shape index (κ2) is 5.34. The molecule has 3 heteroatoms. The maximum absolute atomic E-state index is 13.2. The van der Waals surface area contributed by atoms with Gasteiger partial charge in [0.05, 0.1) is 6.04 Å². The van der Waals surface area contributed by atoms with Crippen LogP contribution in [-0.2, 0) is 0 Å². The van der Waals surface area contributed by atoms with Crippen molar-refractivity contribution in [2.45, 2.75) is 25.3 Å². The van der Waals surface area contributed by atoms with Crippen molar-refractivity contribution >= 4 is 11.5 Å². The molecule has 0 aromatic heterocycles. The smallest absolute Gasteiger partial charge is 0.159 e. The minimum Gasteiger partial charge on any atom is -0.378 e. The molecule has 1 heterocycles. The van der Waals surface area contributed by atoms with Gasteiger partial charge in [0, 0.05) is 17.2 Å². The van der Waals surface area contributed by atoms with E-state index in [2.05, 4.69) is 17.5 Å². The summed E-state index contributed by atoms with van der Waals surface area (Å²) in [6, 6.07) is 12.8. The highest BCUT2D eigenvalue weighted by molar-refractivity contribution is 5.95. The van der Waals surface area contributed by atoms with E-state index in [1.807, 2.05) is 30.3 Å². The van der Waals surface area contributed by atoms with Gasteiger partial charge in [-0.05, 0) is 60.7 Å². The van der Waals surface area contributed by atoms with Gasteiger partial charge in [0.1, 0.15) is 5.82 Å². The first-order valence-corrected chi connectivity index (χ1v) is 7.97. The number of nitrogens with one attached hydrogen (secondary N) is 1. The number of Topliss-reactive ketones (excluding diaryl/α,β-unsaturated/α-hetero) is 1. The molecule has 0 radical (unpaired) electrons. The van der Waals surface area contributed by atoms with Crippen LogP contribution in [0.1, 0.15) is 46.8 Å². The van der Waals surface area contributed by atoms with Gasteiger partial charge in [0.25, 0.3) is 0 Å². The van der Waals surface area contributed by atoms with E-state index in [4.69, 9.17) is 0 Å². The van der Waals surface area contributed by atoms with E-state index in [9.17, 15) is 9.18 Å². The van der Waals surface area contributed by atoms with Crippen LogP contribution in [0.5, 0.6) is 0 Å². The van der Waals surface area contributed by atoms with Crippen molar-refractivity contribution in [1.29, 1.82) is 0 Å². The molecule has 4 rings (SSSR count). The Hall–Kier alpha value is -2.42. The Morgan fingerprint density at radius 3 is 2.70 bits per heavy atom. The zero-order valence-electron chi connectivity index (χ0n) is 12.9. The molecule has 3 unspecified atom stereocenters. The van der Waals surface area contributed by atoms with E-state index in [-0.39, 0.29) is 17.6 Å². The molecule has 0 saturated heterocycles. The van der Waals surface area contributed by atoms with Crippen molar-refractivity contribution in [3.8, 4) is 0 Å². The maximum Gasteiger partial charge on any atom is 0.159 e. The Kier molecular flexibility index (Phi) is 3.29. The molecular formula is C20H18FNO. The summed E-state index contributed by atoms with van der Waals surface area (Å²) in [6.45, 7) is 1.60. The standard InChI is InChI=1S/C20H18FNO/c1-12(23)14-7-10-19-18(11-14)16-3-2-4-17(16)20(22-19)13-5-8-15(21)9-6-13/h2-3,5-11,16-17,20,22H,4H2,1H3. The number of rotatable bonds is 2. The average molecular weight is 307 g/mol. The van der Waals surface area contributed by atoms with Crippen molar-refractivity contribution in [3.63, 3.8) is 0 Å². The van der Waals surface area contributed by atoms with Gasteiger partial charge in [0.2, 0.25) is 0 Å². The zero-order chi connectivity index (χ0) is 16.0. The van der Waals surface area contributed by atoms with Crippen LogP contribution in [-0.4, -0.2) is 5.78 Å². The topological polar surface area (TPSA) is 29.1 Å². The van der Waals surface area contributed by atoms with Crippen LogP contribution in [0.4, 0.5) is 10.1 Å². The van der Waals surface area contributed by atoms with Gasteiger partial charge < -0.3 is 5.32 Å². The van der Waals surface area contributed by atoms with Crippen LogP contribution in [0.3, 0.4) is 0 Å². The van der Waals surface area contributed by atoms with E-state index in [0.717, 1.165) is 23.2 Å². The van der Waals surface area contributed by atoms with Crippen molar-refractivity contribution in [3.05, 3.63) is 77.1 Å². The molecule has 0 amide bonds. The van der Waals surface area contributed by atoms with Crippen LogP contribution < -0.4 is 5.32 Å². The predicted octanol–water partition coefficient (Wildman–Crippen LogP) is 4.85. The molecule has 2 aromatic carbocycles. The van der Waals surface area contributed by atoms with Crippen LogP contribution in [0.2, 0.25) is 0 Å². The summed E-state index contributed by atoms with van der Waals surface area (Å²) in [4.78, 5) is 11.7. The lowest BCUT2D eigenvalue weighted by molar-refractivity contribution is 0.101. The fourth-order valence-corrected chi connectivity index (χ4v) is 3.81. The number of halogens is 1. The number of hydrogen-bond acceptors (Lipinski definition) is 2. The quantitative estimate of drug-likeness (QED) is 0.634. The van der Waals surface area contributed by atoms with Crippen LogP contribution in [0.25, 0.3) is 0 Å². The molecule has 1 aliphatic heterocycles. The Morgan fingerprint density at radius 1 is 1.17 bits per heavy atom. The summed E-state index contributed by atoms with van der Waals surface area (Å²) in [5.41, 5.74) is 4.11. The number of hydrogen-bond donors (Lipinski definition) is 1. The monoisotopic (exact) mass is 307 g/mol. The molecule has 1 aliphatic carbocycles. The molecule has 2 aromatic rings. The molecule has 2 aliphatic rings. The van der Waals surface area contributed by atoms with Crippen LogP contribution >= 0.6 is 0 Å². The predicted molar refractivity (Wildman–Crippen MR) is 89.2 cm³/mol. The molecule has 0 bridgehead atoms. The van der Waals surface area contributed by atoms with Gasteiger partial charge in [-0.2, -0.15) is 0 Å². The lowest BCUT2D eigenvalue weighted by Gasteiger charge is -2.37. The minimum atomic E-state index is -0.211. The van der Waals surface area contributed by atoms with Gasteiger partial charge in [-0.25, -0.2) is 4.39 Å². The van der Waals surface area contributed by atoms with Gasteiger partial charge >= 0.3 is 0 Å². The van der Waals surface area contributed by atoms with E-state index in [1.54, 1.807) is 6.92 Å². The SMILES string of the molecule is CC(=O)c1ccc2c(c1)C1C=CCC1C(c1ccc(F)cc1)N2. The van der Waals surface area contributed by atoms with Gasteiger partial charge in [0.15, 0.2) is 5.78 Å². The van der Waals surface area contributed by atoms with E-state index in [1.165, 1.54) is 17.7 Å². The number of fused-ring (bicyclic) bond motifs is 3. The first-order chi connectivity index (χ1) is 11.1. The Morgan fingerprint density at radius 2 is 1.96 bits per heavy atom. The molecule has 0 saturated carbocycles. The molecular weight excluding hydrogens is 289 g/mol. The highest BCUT2D eigenvalue weighted by Crippen LogP contribution is 2.49. The van der Waals surface area contributed by atoms with Gasteiger partial charge in [-0.3, -0.25) is 4.79 Å². The van der Waals surface area contributed by atoms with Crippen LogP contribution in [0, 0.1) is 11.7 Å². The third kappa shape index (κ3) is 2.37. The number of carbonyl (C=O) groups is 1. The van der Waals surface area contributed by atoms with Gasteiger partial charge in [-0.15, -0.1) is 0 Å². The third-order valence-electron chi connectivity index (χ3n) is 5.00. The fraction of sp³-hybridized carbons (Fsp3) is 0.250. The largest absolute Gasteiger partial charge is 0.378 e. The van der Waals surface area contributed by atoms with Crippen molar-refractivity contribution in [2.75, 3.05) is 5.32 Å². The number of carbonyl (C=O) groups excluding carboxylic acids is 1. The molecule has 1 N–H and O–H groups in total. The Labute approximate surface area is 135 Å². The number of anilines is 1. The summed E-state index contributed by atoms with van der Waals surface area (Å²) in [6.07, 6.45) is 5.44. The number of benzene rings is 2. The summed E-state index contributed by atoms with van der Waals surface area (Å²) in [5.74, 6) is 0.583. The van der Waals surface area contributed by atoms with Crippen LogP contribution in [0.15, 0.2) is 54.6 Å². The third-order valence-corrected chi connectivity index (χ3v) is 5.00. The average Bonchev–Trinajstić information content (AvgIpc) is 3.04. The van der Waals surface area contributed by atoms with E-state index >= 15 is 0 Å². The molecule has 0 spiro atoms. The maximum atomic E-state index is 13.2. The summed E-state index contributed by atoms with van der Waals surface area (Å²) < 4.78 is 13.2. The second-order valence-electron chi connectivity index (χ2n) is 6.39. The molecule has 116 valence electrons. The Balaban J connectivity index is 1.77. The lowest BCUT2D eigenvalue weighted by Crippen LogP contribution is -2.29. The summed E-state index contributed by atoms with van der Waals surface area (Å²) in [5, 5.41) is 3.60. The van der Waals surface area contributed by atoms with Crippen molar-refractivity contribution in [2.24, 2.45) is 5.92 Å². The highest BCUT2D eigenvalue weighted by Gasteiger charge is 2.37. The highest BCUT2D eigenvalue weighted by atomic mass is 19.1. The molecule has 0 fully saturated rings. The first-order valence-electron chi connectivity index (χ1n) is 7.97. The number of allylic oxidation sites excluding steroid dienone is 2. The second-order valence-corrected chi connectivity index (χ2v) is 6.39. The fourth-order valence-electron chi connectivity index (χ4n) is 3.81. The van der Waals surface area contributed by atoms with E-state index in [0.29, 0.717) is 11.8 Å². The van der Waals surface area contributed by atoms with Crippen molar-refractivity contribution in [1.82, 2.24) is 0 Å². The summed E-state index contributed by atoms with van der Waals surface area (Å²) >= 11 is 0. The summed E-state index contributed by atoms with van der Waals surface area (Å²) in [7, 11) is 0. The van der Waals surface area contributed by atoms with Crippen molar-refractivity contribution < 1.29 is 9.18 Å². The molecule has 23 heavy (non-hydrogen) atoms. The normalized spacial score (nSPS) is 24.7. The minimum absolute atomic E-state index is 0.0898. The lowest BCUT2D eigenvalue weighted by atomic mass is 9.76. The zero-order valence-corrected chi connectivity index (χ0v) is 12.9. The number of ketones is 1. The molecule has 3 atom stereocenters. The Bertz CT molecular complexity index is 794. The van der Waals surface area contributed by atoms with E-state index < -0.39 is 0 Å².